The van der Waals surface area contributed by atoms with Crippen molar-refractivity contribution in [1.82, 2.24) is 19.5 Å². The minimum Gasteiger partial charge on any atom is -0.370 e. The number of fused-ring (bicyclic) bond motifs is 2. The molecular weight excluding hydrogens is 338 g/mol. The van der Waals surface area contributed by atoms with Gasteiger partial charge < -0.3 is 5.32 Å². The van der Waals surface area contributed by atoms with Crippen molar-refractivity contribution in [1.29, 1.82) is 0 Å². The molecule has 2 aromatic heterocycles. The third kappa shape index (κ3) is 2.25. The summed E-state index contributed by atoms with van der Waals surface area (Å²) in [6.07, 6.45) is 5.87. The van der Waals surface area contributed by atoms with Crippen molar-refractivity contribution in [3.63, 3.8) is 0 Å². The molecule has 2 N–H and O–H groups in total. The zero-order valence-corrected chi connectivity index (χ0v) is 13.8. The number of carbonyl (C=O) groups is 1. The van der Waals surface area contributed by atoms with Crippen LogP contribution in [0, 0.1) is 0 Å². The number of pyridine rings is 1. The Labute approximate surface area is 145 Å². The van der Waals surface area contributed by atoms with E-state index in [1.165, 1.54) is 16.3 Å². The molecule has 1 unspecified atom stereocenters. The Kier molecular flexibility index (Phi) is 3.01. The van der Waals surface area contributed by atoms with E-state index in [9.17, 15) is 9.00 Å². The maximum absolute atomic E-state index is 12.0. The lowest BCUT2D eigenvalue weighted by molar-refractivity contribution is -0.114. The van der Waals surface area contributed by atoms with Crippen LogP contribution in [0.3, 0.4) is 0 Å². The van der Waals surface area contributed by atoms with Crippen LogP contribution in [0.5, 0.6) is 0 Å². The van der Waals surface area contributed by atoms with E-state index < -0.39 is 11.0 Å². The number of benzene rings is 1. The van der Waals surface area contributed by atoms with Gasteiger partial charge in [-0.1, -0.05) is 6.07 Å². The molecule has 1 atom stereocenters. The van der Waals surface area contributed by atoms with Gasteiger partial charge in [0.05, 0.1) is 11.7 Å². The summed E-state index contributed by atoms with van der Waals surface area (Å²) in [5.41, 5.74) is 4.13. The SMILES string of the molecule is O=C1C=C(n2ncc3cc(-c4cnc5c(c4)CCN5)ccc32)S(=O)N1. The summed E-state index contributed by atoms with van der Waals surface area (Å²) in [7, 11) is -1.57. The Balaban J connectivity index is 1.59. The second kappa shape index (κ2) is 5.25. The summed E-state index contributed by atoms with van der Waals surface area (Å²) in [5, 5.41) is 8.81. The highest BCUT2D eigenvalue weighted by Crippen LogP contribution is 2.29. The third-order valence-electron chi connectivity index (χ3n) is 4.40. The molecule has 0 saturated heterocycles. The van der Waals surface area contributed by atoms with E-state index in [-0.39, 0.29) is 5.91 Å². The van der Waals surface area contributed by atoms with Gasteiger partial charge in [-0.05, 0) is 35.7 Å². The zero-order valence-electron chi connectivity index (χ0n) is 13.0. The zero-order chi connectivity index (χ0) is 17.0. The van der Waals surface area contributed by atoms with Crippen LogP contribution in [0.4, 0.5) is 5.82 Å². The molecule has 0 fully saturated rings. The van der Waals surface area contributed by atoms with Crippen LogP contribution >= 0.6 is 0 Å². The second-order valence-corrected chi connectivity index (χ2v) is 7.12. The van der Waals surface area contributed by atoms with Crippen molar-refractivity contribution < 1.29 is 9.00 Å². The molecule has 0 spiro atoms. The van der Waals surface area contributed by atoms with Gasteiger partial charge in [-0.3, -0.25) is 9.52 Å². The van der Waals surface area contributed by atoms with Gasteiger partial charge in [-0.2, -0.15) is 5.10 Å². The number of nitrogens with one attached hydrogen (secondary N) is 2. The lowest BCUT2D eigenvalue weighted by Crippen LogP contribution is -2.17. The second-order valence-electron chi connectivity index (χ2n) is 5.96. The van der Waals surface area contributed by atoms with E-state index in [0.29, 0.717) is 5.03 Å². The van der Waals surface area contributed by atoms with Crippen LogP contribution in [0.1, 0.15) is 5.56 Å². The summed E-state index contributed by atoms with van der Waals surface area (Å²) in [5.74, 6) is 0.594. The molecule has 5 rings (SSSR count). The van der Waals surface area contributed by atoms with Gasteiger partial charge in [-0.15, -0.1) is 0 Å². The van der Waals surface area contributed by atoms with Crippen molar-refractivity contribution in [2.75, 3.05) is 11.9 Å². The largest absolute Gasteiger partial charge is 0.370 e. The van der Waals surface area contributed by atoms with Gasteiger partial charge in [0.25, 0.3) is 5.91 Å². The summed E-state index contributed by atoms with van der Waals surface area (Å²) < 4.78 is 15.8. The van der Waals surface area contributed by atoms with E-state index in [1.807, 2.05) is 24.4 Å². The minimum atomic E-state index is -1.57. The minimum absolute atomic E-state index is 0.345. The van der Waals surface area contributed by atoms with Crippen LogP contribution in [-0.4, -0.2) is 31.4 Å². The van der Waals surface area contributed by atoms with E-state index in [1.54, 1.807) is 6.20 Å². The van der Waals surface area contributed by atoms with E-state index in [2.05, 4.69) is 26.2 Å². The van der Waals surface area contributed by atoms with Crippen molar-refractivity contribution in [2.24, 2.45) is 0 Å². The Bertz CT molecular complexity index is 1100. The standard InChI is InChI=1S/C17H13N5O2S/c23-15-7-16(25(24)21-15)22-14-2-1-10(5-13(14)9-20-22)12-6-11-3-4-18-17(11)19-8-12/h1-2,5-9H,3-4H2,(H,18,19)(H,21,23). The average Bonchev–Trinajstić information content (AvgIpc) is 3.31. The highest BCUT2D eigenvalue weighted by atomic mass is 32.2. The summed E-state index contributed by atoms with van der Waals surface area (Å²) in [6.45, 7) is 0.927. The van der Waals surface area contributed by atoms with Gasteiger partial charge in [0, 0.05) is 29.8 Å². The Morgan fingerprint density at radius 3 is 2.92 bits per heavy atom. The van der Waals surface area contributed by atoms with Crippen molar-refractivity contribution in [2.45, 2.75) is 6.42 Å². The molecule has 0 aliphatic carbocycles. The van der Waals surface area contributed by atoms with Gasteiger partial charge in [0.15, 0.2) is 16.0 Å². The molecular formula is C17H13N5O2S. The number of nitrogens with zero attached hydrogens (tertiary/aromatic N) is 3. The lowest BCUT2D eigenvalue weighted by atomic mass is 10.0. The van der Waals surface area contributed by atoms with E-state index in [4.69, 9.17) is 0 Å². The molecule has 0 bridgehead atoms. The third-order valence-corrected chi connectivity index (χ3v) is 5.46. The molecule has 4 heterocycles. The molecule has 2 aliphatic heterocycles. The van der Waals surface area contributed by atoms with Crippen molar-refractivity contribution in [3.8, 4) is 11.1 Å². The first-order valence-electron chi connectivity index (χ1n) is 7.84. The van der Waals surface area contributed by atoms with Gasteiger partial charge >= 0.3 is 0 Å². The smallest absolute Gasteiger partial charge is 0.258 e. The summed E-state index contributed by atoms with van der Waals surface area (Å²) >= 11 is 0. The summed E-state index contributed by atoms with van der Waals surface area (Å²) in [6, 6.07) is 8.09. The predicted octanol–water partition coefficient (Wildman–Crippen LogP) is 1.66. The van der Waals surface area contributed by atoms with Gasteiger partial charge in [0.2, 0.25) is 0 Å². The molecule has 3 aromatic rings. The average molecular weight is 351 g/mol. The van der Waals surface area contributed by atoms with Crippen LogP contribution < -0.4 is 10.0 Å². The number of aromatic nitrogens is 3. The molecule has 25 heavy (non-hydrogen) atoms. The fourth-order valence-corrected chi connectivity index (χ4v) is 4.06. The molecule has 0 saturated carbocycles. The molecule has 8 heteroatoms. The fraction of sp³-hybridized carbons (Fsp3) is 0.118. The Hall–Kier alpha value is -3.00. The van der Waals surface area contributed by atoms with Crippen LogP contribution in [0.25, 0.3) is 27.1 Å². The quantitative estimate of drug-likeness (QED) is 0.733. The maximum atomic E-state index is 12.0. The molecule has 1 amide bonds. The van der Waals surface area contributed by atoms with Crippen LogP contribution in [-0.2, 0) is 22.2 Å². The first kappa shape index (κ1) is 14.4. The maximum Gasteiger partial charge on any atom is 0.258 e. The first-order chi connectivity index (χ1) is 12.2. The van der Waals surface area contributed by atoms with Crippen molar-refractivity contribution >= 4 is 38.6 Å². The monoisotopic (exact) mass is 351 g/mol. The van der Waals surface area contributed by atoms with Gasteiger partial charge in [-0.25, -0.2) is 13.9 Å². The van der Waals surface area contributed by atoms with Crippen LogP contribution in [0.2, 0.25) is 0 Å². The van der Waals surface area contributed by atoms with Crippen LogP contribution in [0.15, 0.2) is 42.7 Å². The highest BCUT2D eigenvalue weighted by molar-refractivity contribution is 7.93. The number of carbonyl (C=O) groups excluding carboxylic acids is 1. The lowest BCUT2D eigenvalue weighted by Gasteiger charge is -2.06. The molecule has 2 aliphatic rings. The fourth-order valence-electron chi connectivity index (χ4n) is 3.20. The van der Waals surface area contributed by atoms with Crippen molar-refractivity contribution in [3.05, 3.63) is 48.3 Å². The molecule has 124 valence electrons. The first-order valence-corrected chi connectivity index (χ1v) is 8.99. The summed E-state index contributed by atoms with van der Waals surface area (Å²) in [4.78, 5) is 15.9. The normalized spacial score (nSPS) is 18.8. The number of hydrogen-bond acceptors (Lipinski definition) is 5. The van der Waals surface area contributed by atoms with Gasteiger partial charge in [0.1, 0.15) is 5.82 Å². The highest BCUT2D eigenvalue weighted by Gasteiger charge is 2.23. The topological polar surface area (TPSA) is 88.9 Å². The number of amides is 1. The number of rotatable bonds is 2. The predicted molar refractivity (Wildman–Crippen MR) is 95.7 cm³/mol. The number of hydrogen-bond donors (Lipinski definition) is 2. The molecule has 0 radical (unpaired) electrons. The Morgan fingerprint density at radius 1 is 1.16 bits per heavy atom. The van der Waals surface area contributed by atoms with E-state index >= 15 is 0 Å². The van der Waals surface area contributed by atoms with E-state index in [0.717, 1.165) is 40.8 Å². The number of anilines is 1. The Morgan fingerprint density at radius 2 is 2.08 bits per heavy atom. The molecule has 1 aromatic carbocycles. The molecule has 7 nitrogen and oxygen atoms in total.